The van der Waals surface area contributed by atoms with Crippen molar-refractivity contribution in [1.82, 2.24) is 20.1 Å². The third kappa shape index (κ3) is 3.16. The van der Waals surface area contributed by atoms with Gasteiger partial charge in [0.15, 0.2) is 0 Å². The second-order valence-electron chi connectivity index (χ2n) is 6.05. The fourth-order valence-electron chi connectivity index (χ4n) is 2.44. The first kappa shape index (κ1) is 15.8. The highest BCUT2D eigenvalue weighted by Crippen LogP contribution is 2.27. The van der Waals surface area contributed by atoms with Gasteiger partial charge in [0.05, 0.1) is 13.3 Å². The van der Waals surface area contributed by atoms with E-state index in [1.807, 2.05) is 30.2 Å². The van der Waals surface area contributed by atoms with E-state index in [1.165, 1.54) is 12.0 Å². The minimum absolute atomic E-state index is 0.164. The van der Waals surface area contributed by atoms with Gasteiger partial charge >= 0.3 is 5.97 Å². The Balaban J connectivity index is 1.72. The van der Waals surface area contributed by atoms with Crippen LogP contribution in [-0.4, -0.2) is 27.8 Å². The fourth-order valence-corrected chi connectivity index (χ4v) is 3.43. The maximum absolute atomic E-state index is 11.5. The van der Waals surface area contributed by atoms with Crippen LogP contribution in [-0.2, 0) is 23.9 Å². The lowest BCUT2D eigenvalue weighted by molar-refractivity contribution is 0.0595. The Labute approximate surface area is 138 Å². The smallest absolute Gasteiger partial charge is 0.354 e. The molecule has 0 amide bonds. The van der Waals surface area contributed by atoms with E-state index in [-0.39, 0.29) is 11.5 Å². The van der Waals surface area contributed by atoms with E-state index >= 15 is 0 Å². The quantitative estimate of drug-likeness (QED) is 0.705. The maximum Gasteiger partial charge on any atom is 0.354 e. The molecule has 23 heavy (non-hydrogen) atoms. The molecule has 7 heteroatoms. The van der Waals surface area contributed by atoms with Crippen LogP contribution in [0.15, 0.2) is 24.5 Å². The number of rotatable bonds is 5. The zero-order chi connectivity index (χ0) is 16.6. The number of methoxy groups -OCH3 is 1. The number of aryl methyl sites for hydroxylation is 1. The lowest BCUT2D eigenvalue weighted by atomic mass is 9.98. The van der Waals surface area contributed by atoms with Gasteiger partial charge in [-0.15, -0.1) is 11.3 Å². The van der Waals surface area contributed by atoms with Crippen molar-refractivity contribution < 1.29 is 9.53 Å². The number of H-pyrrole nitrogens is 1. The van der Waals surface area contributed by atoms with E-state index in [2.05, 4.69) is 35.3 Å². The molecule has 0 unspecified atom stereocenters. The van der Waals surface area contributed by atoms with Gasteiger partial charge in [-0.05, 0) is 26.0 Å². The van der Waals surface area contributed by atoms with E-state index in [0.29, 0.717) is 5.69 Å². The Morgan fingerprint density at radius 2 is 2.26 bits per heavy atom. The summed E-state index contributed by atoms with van der Waals surface area (Å²) in [5.74, 6) is -0.342. The average molecular weight is 332 g/mol. The summed E-state index contributed by atoms with van der Waals surface area (Å²) in [5.41, 5.74) is 1.47. The van der Waals surface area contributed by atoms with Crippen molar-refractivity contribution in [2.75, 3.05) is 7.11 Å². The first-order valence-corrected chi connectivity index (χ1v) is 8.14. The molecule has 0 aromatic carbocycles. The number of nitrogens with one attached hydrogen (secondary N) is 2. The normalized spacial score (nSPS) is 12.0. The third-order valence-corrected chi connectivity index (χ3v) is 4.96. The van der Waals surface area contributed by atoms with Gasteiger partial charge in [-0.25, -0.2) is 4.79 Å². The summed E-state index contributed by atoms with van der Waals surface area (Å²) in [5, 5.41) is 8.82. The van der Waals surface area contributed by atoms with Crippen LogP contribution in [0.2, 0.25) is 0 Å². The van der Waals surface area contributed by atoms with E-state index < -0.39 is 0 Å². The van der Waals surface area contributed by atoms with Crippen LogP contribution < -0.4 is 5.32 Å². The summed E-state index contributed by atoms with van der Waals surface area (Å²) in [4.78, 5) is 16.8. The molecule has 0 saturated carbocycles. The topological polar surface area (TPSA) is 71.9 Å². The lowest BCUT2D eigenvalue weighted by Crippen LogP contribution is -2.35. The number of thiophene rings is 1. The zero-order valence-electron chi connectivity index (χ0n) is 13.6. The van der Waals surface area contributed by atoms with E-state index in [1.54, 1.807) is 11.3 Å². The lowest BCUT2D eigenvalue weighted by Gasteiger charge is -2.24. The average Bonchev–Trinajstić information content (AvgIpc) is 3.18. The van der Waals surface area contributed by atoms with Crippen LogP contribution in [0.1, 0.15) is 34.8 Å². The number of aromatic amines is 1. The summed E-state index contributed by atoms with van der Waals surface area (Å²) in [6.45, 7) is 5.03. The number of hydrogen-bond donors (Lipinski definition) is 2. The van der Waals surface area contributed by atoms with Gasteiger partial charge in [0.1, 0.15) is 10.5 Å². The Bertz CT molecular complexity index is 812. The number of hydrogen-bond acceptors (Lipinski definition) is 5. The summed E-state index contributed by atoms with van der Waals surface area (Å²) in [6.07, 6.45) is 3.91. The van der Waals surface area contributed by atoms with Crippen LogP contribution in [0.5, 0.6) is 0 Å². The molecule has 0 bridgehead atoms. The van der Waals surface area contributed by atoms with Crippen LogP contribution in [0.3, 0.4) is 0 Å². The van der Waals surface area contributed by atoms with Crippen molar-refractivity contribution >= 4 is 27.5 Å². The Kier molecular flexibility index (Phi) is 3.99. The minimum atomic E-state index is -0.342. The molecule has 3 heterocycles. The van der Waals surface area contributed by atoms with Crippen molar-refractivity contribution in [2.45, 2.75) is 25.9 Å². The van der Waals surface area contributed by atoms with Crippen molar-refractivity contribution in [3.05, 3.63) is 40.7 Å². The summed E-state index contributed by atoms with van der Waals surface area (Å²) >= 11 is 1.64. The molecule has 0 atom stereocenters. The van der Waals surface area contributed by atoms with Gasteiger partial charge in [0.25, 0.3) is 0 Å². The van der Waals surface area contributed by atoms with Gasteiger partial charge in [-0.1, -0.05) is 0 Å². The molecule has 0 aliphatic rings. The molecule has 122 valence electrons. The molecule has 0 spiro atoms. The van der Waals surface area contributed by atoms with Gasteiger partial charge in [-0.3, -0.25) is 4.68 Å². The predicted octanol–water partition coefficient (Wildman–Crippen LogP) is 2.77. The number of esters is 1. The highest BCUT2D eigenvalue weighted by Gasteiger charge is 2.22. The molecular weight excluding hydrogens is 312 g/mol. The summed E-state index contributed by atoms with van der Waals surface area (Å²) in [7, 11) is 3.30. The fraction of sp³-hybridized carbons (Fsp3) is 0.375. The van der Waals surface area contributed by atoms with Crippen molar-refractivity contribution in [1.29, 1.82) is 0 Å². The number of carbonyl (C=O) groups excluding carboxylic acids is 1. The number of ether oxygens (including phenoxy) is 1. The largest absolute Gasteiger partial charge is 0.464 e. The molecule has 3 aromatic heterocycles. The molecule has 2 N–H and O–H groups in total. The molecule has 3 rings (SSSR count). The highest BCUT2D eigenvalue weighted by atomic mass is 32.1. The second kappa shape index (κ2) is 5.82. The Morgan fingerprint density at radius 1 is 1.48 bits per heavy atom. The van der Waals surface area contributed by atoms with Crippen molar-refractivity contribution in [3.8, 4) is 0 Å². The van der Waals surface area contributed by atoms with Gasteiger partial charge in [0, 0.05) is 41.2 Å². The summed E-state index contributed by atoms with van der Waals surface area (Å²) in [6, 6.07) is 3.92. The molecule has 0 aliphatic heterocycles. The maximum atomic E-state index is 11.5. The van der Waals surface area contributed by atoms with E-state index in [4.69, 9.17) is 4.74 Å². The molecule has 0 fully saturated rings. The summed E-state index contributed by atoms with van der Waals surface area (Å²) < 4.78 is 6.53. The Hall–Kier alpha value is -2.12. The molecule has 0 saturated heterocycles. The molecule has 0 radical (unpaired) electrons. The van der Waals surface area contributed by atoms with Crippen molar-refractivity contribution in [3.63, 3.8) is 0 Å². The van der Waals surface area contributed by atoms with E-state index in [0.717, 1.165) is 22.3 Å². The number of aromatic nitrogens is 3. The number of carbonyl (C=O) groups is 1. The number of nitrogens with zero attached hydrogens (tertiary/aromatic N) is 2. The molecule has 0 aliphatic carbocycles. The third-order valence-electron chi connectivity index (χ3n) is 3.90. The highest BCUT2D eigenvalue weighted by molar-refractivity contribution is 7.18. The second-order valence-corrected chi connectivity index (χ2v) is 7.19. The van der Waals surface area contributed by atoms with E-state index in [9.17, 15) is 4.79 Å². The van der Waals surface area contributed by atoms with Gasteiger partial charge < -0.3 is 15.0 Å². The van der Waals surface area contributed by atoms with Crippen LogP contribution in [0, 0.1) is 0 Å². The molecule has 6 nitrogen and oxygen atoms in total. The Morgan fingerprint density at radius 3 is 2.87 bits per heavy atom. The number of fused-ring (bicyclic) bond motifs is 1. The van der Waals surface area contributed by atoms with Gasteiger partial charge in [0.2, 0.25) is 0 Å². The van der Waals surface area contributed by atoms with Crippen LogP contribution in [0.4, 0.5) is 0 Å². The molecule has 3 aromatic rings. The van der Waals surface area contributed by atoms with Crippen molar-refractivity contribution in [2.24, 2.45) is 7.05 Å². The monoisotopic (exact) mass is 332 g/mol. The van der Waals surface area contributed by atoms with Crippen LogP contribution in [0.25, 0.3) is 10.2 Å². The SMILES string of the molecule is COC(=O)c1cc2cc(CNC(C)(C)c3cnn(C)c3)sc2[nH]1. The predicted molar refractivity (Wildman–Crippen MR) is 90.6 cm³/mol. The first-order chi connectivity index (χ1) is 10.9. The van der Waals surface area contributed by atoms with Gasteiger partial charge in [-0.2, -0.15) is 5.10 Å². The molecular formula is C16H20N4O2S. The zero-order valence-corrected chi connectivity index (χ0v) is 14.5. The minimum Gasteiger partial charge on any atom is -0.464 e. The first-order valence-electron chi connectivity index (χ1n) is 7.33. The van der Waals surface area contributed by atoms with Crippen LogP contribution >= 0.6 is 11.3 Å². The standard InChI is InChI=1S/C16H20N4O2S/c1-16(2,11-7-18-20(3)9-11)17-8-12-5-10-6-13(15(21)22-4)19-14(10)23-12/h5-7,9,17,19H,8H2,1-4H3.